The summed E-state index contributed by atoms with van der Waals surface area (Å²) in [6.45, 7) is 6.04. The minimum atomic E-state index is -0.658. The third kappa shape index (κ3) is 4.60. The van der Waals surface area contributed by atoms with Gasteiger partial charge in [0.05, 0.1) is 17.8 Å². The Kier molecular flexibility index (Phi) is 5.99. The maximum absolute atomic E-state index is 13.0. The van der Waals surface area contributed by atoms with Crippen molar-refractivity contribution >= 4 is 5.91 Å². The number of carbonyl (C=O) groups is 1. The fraction of sp³-hybridized carbons (Fsp3) is 0.500. The molecule has 2 aromatic rings. The van der Waals surface area contributed by atoms with Crippen molar-refractivity contribution in [3.63, 3.8) is 0 Å². The lowest BCUT2D eigenvalue weighted by atomic mass is 9.78. The number of aryl methyl sites for hydroxylation is 1. The van der Waals surface area contributed by atoms with Gasteiger partial charge in [0.25, 0.3) is 5.91 Å². The van der Waals surface area contributed by atoms with Gasteiger partial charge in [0.2, 0.25) is 0 Å². The van der Waals surface area contributed by atoms with Crippen LogP contribution in [-0.4, -0.2) is 46.8 Å². The maximum atomic E-state index is 13.0. The molecule has 0 aromatic heterocycles. The van der Waals surface area contributed by atoms with Crippen LogP contribution in [0.2, 0.25) is 0 Å². The molecule has 4 nitrogen and oxygen atoms in total. The first-order chi connectivity index (χ1) is 14.4. The molecule has 0 radical (unpaired) electrons. The van der Waals surface area contributed by atoms with Gasteiger partial charge in [-0.05, 0) is 61.4 Å². The molecule has 2 aliphatic heterocycles. The highest BCUT2D eigenvalue weighted by Gasteiger charge is 2.44. The van der Waals surface area contributed by atoms with Crippen LogP contribution in [0.3, 0.4) is 0 Å². The van der Waals surface area contributed by atoms with E-state index in [1.807, 2.05) is 36.1 Å². The average molecular weight is 408 g/mol. The zero-order chi connectivity index (χ0) is 21.2. The molecule has 1 spiro atoms. The molecule has 160 valence electrons. The van der Waals surface area contributed by atoms with E-state index < -0.39 is 5.60 Å². The van der Waals surface area contributed by atoms with Gasteiger partial charge in [0.15, 0.2) is 0 Å². The molecular weight excluding hydrogens is 374 g/mol. The summed E-state index contributed by atoms with van der Waals surface area (Å²) < 4.78 is 6.07. The summed E-state index contributed by atoms with van der Waals surface area (Å²) in [6.07, 6.45) is 5.18. The van der Waals surface area contributed by atoms with Crippen molar-refractivity contribution in [3.05, 3.63) is 59.7 Å². The minimum Gasteiger partial charge on any atom is -0.390 e. The van der Waals surface area contributed by atoms with Crippen molar-refractivity contribution in [3.8, 4) is 11.1 Å². The number of aliphatic hydroxyl groups is 1. The molecule has 1 N–H and O–H groups in total. The Balaban J connectivity index is 1.38. The van der Waals surface area contributed by atoms with E-state index >= 15 is 0 Å². The Morgan fingerprint density at radius 3 is 2.17 bits per heavy atom. The second-order valence-corrected chi connectivity index (χ2v) is 9.27. The summed E-state index contributed by atoms with van der Waals surface area (Å²) in [5.41, 5.74) is 3.47. The van der Waals surface area contributed by atoms with Crippen molar-refractivity contribution in [2.75, 3.05) is 19.7 Å². The molecule has 2 fully saturated rings. The van der Waals surface area contributed by atoms with Crippen molar-refractivity contribution < 1.29 is 14.6 Å². The van der Waals surface area contributed by atoms with Crippen molar-refractivity contribution in [2.45, 2.75) is 63.6 Å². The predicted octanol–water partition coefficient (Wildman–Crippen LogP) is 4.84. The number of ether oxygens (including phenoxy) is 1. The van der Waals surface area contributed by atoms with E-state index in [1.165, 1.54) is 11.1 Å². The molecular formula is C26H33NO3. The van der Waals surface area contributed by atoms with Gasteiger partial charge >= 0.3 is 0 Å². The number of rotatable bonds is 4. The first-order valence-electron chi connectivity index (χ1n) is 11.2. The second kappa shape index (κ2) is 8.52. The zero-order valence-electron chi connectivity index (χ0n) is 18.2. The van der Waals surface area contributed by atoms with Crippen LogP contribution in [0.25, 0.3) is 11.1 Å². The molecule has 2 aliphatic rings. The normalized spacial score (nSPS) is 23.5. The summed E-state index contributed by atoms with van der Waals surface area (Å²) >= 11 is 0. The number of nitrogens with zero attached hydrogens (tertiary/aromatic N) is 1. The van der Waals surface area contributed by atoms with Gasteiger partial charge in [0.1, 0.15) is 0 Å². The summed E-state index contributed by atoms with van der Waals surface area (Å²) in [5, 5.41) is 10.4. The molecule has 1 amide bonds. The van der Waals surface area contributed by atoms with Crippen LogP contribution < -0.4 is 0 Å². The molecule has 0 saturated carbocycles. The van der Waals surface area contributed by atoms with E-state index in [0.29, 0.717) is 32.5 Å². The average Bonchev–Trinajstić information content (AvgIpc) is 2.74. The molecule has 30 heavy (non-hydrogen) atoms. The minimum absolute atomic E-state index is 0.0808. The van der Waals surface area contributed by atoms with Crippen molar-refractivity contribution in [1.29, 1.82) is 0 Å². The number of hydrogen-bond donors (Lipinski definition) is 1. The number of piperidine rings is 1. The van der Waals surface area contributed by atoms with E-state index in [1.54, 1.807) is 0 Å². The smallest absolute Gasteiger partial charge is 0.253 e. The van der Waals surface area contributed by atoms with E-state index in [-0.39, 0.29) is 11.5 Å². The number of carbonyl (C=O) groups excluding carboxylic acids is 1. The highest BCUT2D eigenvalue weighted by molar-refractivity contribution is 5.94. The first kappa shape index (κ1) is 21.1. The first-order valence-corrected chi connectivity index (χ1v) is 11.2. The Morgan fingerprint density at radius 2 is 1.60 bits per heavy atom. The highest BCUT2D eigenvalue weighted by Crippen LogP contribution is 2.39. The quantitative estimate of drug-likeness (QED) is 0.789. The second-order valence-electron chi connectivity index (χ2n) is 9.27. The zero-order valence-corrected chi connectivity index (χ0v) is 18.2. The van der Waals surface area contributed by atoms with Gasteiger partial charge in [-0.15, -0.1) is 0 Å². The van der Waals surface area contributed by atoms with Crippen molar-refractivity contribution in [2.24, 2.45) is 0 Å². The third-order valence-electron chi connectivity index (χ3n) is 6.67. The Hall–Kier alpha value is -2.17. The number of amides is 1. The summed E-state index contributed by atoms with van der Waals surface area (Å²) in [5.74, 6) is 0.0808. The molecule has 4 rings (SSSR count). The highest BCUT2D eigenvalue weighted by atomic mass is 16.5. The third-order valence-corrected chi connectivity index (χ3v) is 6.67. The van der Waals surface area contributed by atoms with Crippen LogP contribution in [0.5, 0.6) is 0 Å². The van der Waals surface area contributed by atoms with Gasteiger partial charge in [-0.25, -0.2) is 0 Å². The number of benzene rings is 2. The lowest BCUT2D eigenvalue weighted by molar-refractivity contribution is -0.170. The standard InChI is InChI=1S/C26H33NO3/c1-3-4-20-5-7-21(8-6-20)22-9-11-23(12-10-22)24(28)27-16-13-26(14-17-27)19-25(2,29)15-18-30-26/h5-12,29H,3-4,13-19H2,1-2H3. The molecule has 1 atom stereocenters. The van der Waals surface area contributed by atoms with Gasteiger partial charge in [-0.2, -0.15) is 0 Å². The van der Waals surface area contributed by atoms with E-state index in [0.717, 1.165) is 36.8 Å². The lowest BCUT2D eigenvalue weighted by Crippen LogP contribution is -2.54. The fourth-order valence-corrected chi connectivity index (χ4v) is 4.90. The summed E-state index contributed by atoms with van der Waals surface area (Å²) in [7, 11) is 0. The van der Waals surface area contributed by atoms with E-state index in [4.69, 9.17) is 4.74 Å². The van der Waals surface area contributed by atoms with Crippen LogP contribution in [0.4, 0.5) is 0 Å². The van der Waals surface area contributed by atoms with Crippen LogP contribution >= 0.6 is 0 Å². The molecule has 0 aliphatic carbocycles. The molecule has 2 heterocycles. The number of hydrogen-bond acceptors (Lipinski definition) is 3. The molecule has 2 aromatic carbocycles. The van der Waals surface area contributed by atoms with E-state index in [2.05, 4.69) is 31.2 Å². The van der Waals surface area contributed by atoms with Crippen LogP contribution in [0.15, 0.2) is 48.5 Å². The topological polar surface area (TPSA) is 49.8 Å². The summed E-state index contributed by atoms with van der Waals surface area (Å²) in [6, 6.07) is 16.6. The fourth-order valence-electron chi connectivity index (χ4n) is 4.90. The van der Waals surface area contributed by atoms with Crippen molar-refractivity contribution in [1.82, 2.24) is 4.90 Å². The molecule has 4 heteroatoms. The Labute approximate surface area is 179 Å². The monoisotopic (exact) mass is 407 g/mol. The van der Waals surface area contributed by atoms with Gasteiger partial charge in [-0.3, -0.25) is 4.79 Å². The van der Waals surface area contributed by atoms with Gasteiger partial charge in [-0.1, -0.05) is 49.7 Å². The molecule has 2 saturated heterocycles. The molecule has 1 unspecified atom stereocenters. The SMILES string of the molecule is CCCc1ccc(-c2ccc(C(=O)N3CCC4(CC3)CC(C)(O)CCO4)cc2)cc1. The largest absolute Gasteiger partial charge is 0.390 e. The van der Waals surface area contributed by atoms with E-state index in [9.17, 15) is 9.90 Å². The van der Waals surface area contributed by atoms with Crippen LogP contribution in [0, 0.1) is 0 Å². The summed E-state index contributed by atoms with van der Waals surface area (Å²) in [4.78, 5) is 14.9. The van der Waals surface area contributed by atoms with Crippen LogP contribution in [-0.2, 0) is 11.2 Å². The van der Waals surface area contributed by atoms with Crippen LogP contribution in [0.1, 0.15) is 61.9 Å². The maximum Gasteiger partial charge on any atom is 0.253 e. The molecule has 0 bridgehead atoms. The predicted molar refractivity (Wildman–Crippen MR) is 120 cm³/mol. The Bertz CT molecular complexity index is 862. The Morgan fingerprint density at radius 1 is 1.00 bits per heavy atom. The number of likely N-dealkylation sites (tertiary alicyclic amines) is 1. The lowest BCUT2D eigenvalue weighted by Gasteiger charge is -2.48. The van der Waals surface area contributed by atoms with Gasteiger partial charge < -0.3 is 14.7 Å². The van der Waals surface area contributed by atoms with Gasteiger partial charge in [0, 0.05) is 25.1 Å².